The minimum atomic E-state index is -0.283. The predicted molar refractivity (Wildman–Crippen MR) is 90.2 cm³/mol. The number of aliphatic imine (C=N–C) groups is 1. The van der Waals surface area contributed by atoms with Crippen molar-refractivity contribution in [3.63, 3.8) is 0 Å². The number of hydrogen-bond acceptors (Lipinski definition) is 2. The molecule has 3 rings (SSSR count). The number of fused-ring (bicyclic) bond motifs is 1. The molecule has 0 aromatic heterocycles. The van der Waals surface area contributed by atoms with Gasteiger partial charge in [-0.05, 0) is 42.8 Å². The van der Waals surface area contributed by atoms with Crippen molar-refractivity contribution in [2.75, 3.05) is 5.32 Å². The van der Waals surface area contributed by atoms with E-state index in [1.807, 2.05) is 25.1 Å². The maximum absolute atomic E-state index is 12.1. The highest BCUT2D eigenvalue weighted by molar-refractivity contribution is 9.10. The first-order valence-electron chi connectivity index (χ1n) is 6.11. The number of rotatable bonds is 1. The summed E-state index contributed by atoms with van der Waals surface area (Å²) in [5.41, 5.74) is 3.23. The zero-order valence-electron chi connectivity index (χ0n) is 10.9. The van der Waals surface area contributed by atoms with Gasteiger partial charge in [-0.1, -0.05) is 39.1 Å². The van der Waals surface area contributed by atoms with Crippen LogP contribution >= 0.6 is 39.1 Å². The molecule has 3 nitrogen and oxygen atoms in total. The molecule has 1 heterocycles. The molecule has 0 unspecified atom stereocenters. The number of halogens is 3. The van der Waals surface area contributed by atoms with Gasteiger partial charge in [0, 0.05) is 15.1 Å². The van der Waals surface area contributed by atoms with E-state index < -0.39 is 0 Å². The Hall–Kier alpha value is -1.36. The average Bonchev–Trinajstić information content (AvgIpc) is 2.72. The van der Waals surface area contributed by atoms with E-state index in [2.05, 4.69) is 26.2 Å². The van der Waals surface area contributed by atoms with E-state index in [4.69, 9.17) is 23.2 Å². The van der Waals surface area contributed by atoms with Crippen molar-refractivity contribution in [2.24, 2.45) is 4.99 Å². The van der Waals surface area contributed by atoms with Gasteiger partial charge < -0.3 is 5.32 Å². The van der Waals surface area contributed by atoms with Crippen molar-refractivity contribution in [1.29, 1.82) is 0 Å². The highest BCUT2D eigenvalue weighted by Gasteiger charge is 2.28. The van der Waals surface area contributed by atoms with Crippen molar-refractivity contribution in [3.8, 4) is 0 Å². The molecule has 21 heavy (non-hydrogen) atoms. The first kappa shape index (κ1) is 14.6. The van der Waals surface area contributed by atoms with Gasteiger partial charge in [0.25, 0.3) is 5.91 Å². The van der Waals surface area contributed by atoms with E-state index in [0.29, 0.717) is 32.7 Å². The quantitative estimate of drug-likeness (QED) is 0.727. The van der Waals surface area contributed by atoms with Crippen LogP contribution in [0.5, 0.6) is 0 Å². The first-order valence-corrected chi connectivity index (χ1v) is 7.66. The Morgan fingerprint density at radius 3 is 2.67 bits per heavy atom. The number of nitrogens with zero attached hydrogens (tertiary/aromatic N) is 1. The van der Waals surface area contributed by atoms with Gasteiger partial charge in [0.1, 0.15) is 5.71 Å². The predicted octanol–water partition coefficient (Wildman–Crippen LogP) is 5.14. The molecular weight excluding hydrogens is 375 g/mol. The van der Waals surface area contributed by atoms with Gasteiger partial charge in [-0.2, -0.15) is 0 Å². The number of nitrogens with one attached hydrogen (secondary N) is 1. The molecule has 1 N–H and O–H groups in total. The van der Waals surface area contributed by atoms with E-state index in [1.165, 1.54) is 0 Å². The van der Waals surface area contributed by atoms with Crippen LogP contribution in [0.15, 0.2) is 39.8 Å². The molecule has 106 valence electrons. The number of hydrogen-bond donors (Lipinski definition) is 1. The Labute approximate surface area is 140 Å². The summed E-state index contributed by atoms with van der Waals surface area (Å²) in [5.74, 6) is -0.283. The first-order chi connectivity index (χ1) is 9.95. The topological polar surface area (TPSA) is 41.5 Å². The van der Waals surface area contributed by atoms with E-state index in [1.54, 1.807) is 12.1 Å². The second kappa shape index (κ2) is 5.44. The van der Waals surface area contributed by atoms with E-state index in [9.17, 15) is 4.79 Å². The van der Waals surface area contributed by atoms with Crippen LogP contribution in [0.3, 0.4) is 0 Å². The largest absolute Gasteiger partial charge is 0.319 e. The lowest BCUT2D eigenvalue weighted by atomic mass is 10.1. The fraction of sp³-hybridized carbons (Fsp3) is 0.0667. The van der Waals surface area contributed by atoms with Crippen LogP contribution in [0, 0.1) is 6.92 Å². The minimum absolute atomic E-state index is 0.283. The Morgan fingerprint density at radius 2 is 1.95 bits per heavy atom. The second-order valence-electron chi connectivity index (χ2n) is 4.66. The van der Waals surface area contributed by atoms with E-state index >= 15 is 0 Å². The van der Waals surface area contributed by atoms with Gasteiger partial charge in [-0.25, -0.2) is 4.99 Å². The summed E-state index contributed by atoms with van der Waals surface area (Å²) < 4.78 is 0.994. The molecular formula is C15H9BrCl2N2O. The third-order valence-electron chi connectivity index (χ3n) is 3.15. The summed E-state index contributed by atoms with van der Waals surface area (Å²) in [6, 6.07) is 8.91. The molecule has 2 aromatic rings. The zero-order valence-corrected chi connectivity index (χ0v) is 14.0. The lowest BCUT2D eigenvalue weighted by Crippen LogP contribution is -2.13. The number of amides is 1. The summed E-state index contributed by atoms with van der Waals surface area (Å²) in [6.07, 6.45) is 0. The molecule has 1 aliphatic rings. The maximum Gasteiger partial charge on any atom is 0.275 e. The summed E-state index contributed by atoms with van der Waals surface area (Å²) in [7, 11) is 0. The minimum Gasteiger partial charge on any atom is -0.319 e. The Morgan fingerprint density at radius 1 is 1.19 bits per heavy atom. The monoisotopic (exact) mass is 382 g/mol. The summed E-state index contributed by atoms with van der Waals surface area (Å²) in [6.45, 7) is 1.96. The van der Waals surface area contributed by atoms with Crippen molar-refractivity contribution in [1.82, 2.24) is 0 Å². The molecule has 0 fully saturated rings. The molecule has 0 aliphatic carbocycles. The molecule has 6 heteroatoms. The van der Waals surface area contributed by atoms with Crippen LogP contribution in [0.2, 0.25) is 10.0 Å². The van der Waals surface area contributed by atoms with Crippen LogP contribution in [0.4, 0.5) is 11.4 Å². The highest BCUT2D eigenvalue weighted by Crippen LogP contribution is 2.35. The van der Waals surface area contributed by atoms with Crippen LogP contribution in [0.25, 0.3) is 0 Å². The van der Waals surface area contributed by atoms with Gasteiger partial charge in [0.2, 0.25) is 0 Å². The van der Waals surface area contributed by atoms with Gasteiger partial charge in [0.15, 0.2) is 0 Å². The van der Waals surface area contributed by atoms with Gasteiger partial charge in [-0.15, -0.1) is 0 Å². The number of anilines is 1. The zero-order chi connectivity index (χ0) is 15.1. The average molecular weight is 384 g/mol. The van der Waals surface area contributed by atoms with Gasteiger partial charge in [-0.3, -0.25) is 4.79 Å². The molecule has 0 saturated heterocycles. The van der Waals surface area contributed by atoms with E-state index in [-0.39, 0.29) is 5.91 Å². The molecule has 0 radical (unpaired) electrons. The second-order valence-corrected chi connectivity index (χ2v) is 6.36. The van der Waals surface area contributed by atoms with Crippen molar-refractivity contribution in [3.05, 3.63) is 56.0 Å². The summed E-state index contributed by atoms with van der Waals surface area (Å²) >= 11 is 15.5. The smallest absolute Gasteiger partial charge is 0.275 e. The Bertz CT molecular complexity index is 803. The van der Waals surface area contributed by atoms with Crippen molar-refractivity contribution < 1.29 is 4.79 Å². The van der Waals surface area contributed by atoms with Gasteiger partial charge >= 0.3 is 0 Å². The molecule has 2 aromatic carbocycles. The number of carbonyl (C=O) groups is 1. The SMILES string of the molecule is Cc1cc(N=C2C(=O)Nc3c(Cl)cc(Cl)cc32)ccc1Br. The number of aryl methyl sites for hydroxylation is 1. The lowest BCUT2D eigenvalue weighted by molar-refractivity contribution is -0.110. The maximum atomic E-state index is 12.1. The van der Waals surface area contributed by atoms with Crippen LogP contribution in [-0.4, -0.2) is 11.6 Å². The third-order valence-corrected chi connectivity index (χ3v) is 4.55. The normalized spacial score (nSPS) is 15.2. The highest BCUT2D eigenvalue weighted by atomic mass is 79.9. The number of carbonyl (C=O) groups excluding carboxylic acids is 1. The summed E-state index contributed by atoms with van der Waals surface area (Å²) in [4.78, 5) is 16.5. The molecule has 0 spiro atoms. The molecule has 1 amide bonds. The molecule has 0 saturated carbocycles. The van der Waals surface area contributed by atoms with Crippen LogP contribution < -0.4 is 5.32 Å². The van der Waals surface area contributed by atoms with Gasteiger partial charge in [0.05, 0.1) is 16.4 Å². The summed E-state index contributed by atoms with van der Waals surface area (Å²) in [5, 5.41) is 3.59. The Kier molecular flexibility index (Phi) is 3.78. The fourth-order valence-corrected chi connectivity index (χ4v) is 2.91. The Balaban J connectivity index is 2.14. The van der Waals surface area contributed by atoms with Crippen LogP contribution in [-0.2, 0) is 4.79 Å². The van der Waals surface area contributed by atoms with Crippen molar-refractivity contribution >= 4 is 62.1 Å². The lowest BCUT2D eigenvalue weighted by Gasteiger charge is -2.03. The number of benzene rings is 2. The third kappa shape index (κ3) is 2.71. The van der Waals surface area contributed by atoms with E-state index in [0.717, 1.165) is 10.0 Å². The van der Waals surface area contributed by atoms with Crippen LogP contribution in [0.1, 0.15) is 11.1 Å². The standard InChI is InChI=1S/C15H9BrCl2N2O/c1-7-4-9(2-3-11(7)16)19-14-10-5-8(17)6-12(18)13(10)20-15(14)21/h2-6H,1H3,(H,19,20,21). The molecule has 1 aliphatic heterocycles. The molecule has 0 bridgehead atoms. The molecule has 0 atom stereocenters. The fourth-order valence-electron chi connectivity index (χ4n) is 2.12. The van der Waals surface area contributed by atoms with Crippen molar-refractivity contribution in [2.45, 2.75) is 6.92 Å².